The van der Waals surface area contributed by atoms with E-state index in [1.54, 1.807) is 0 Å². The molecule has 4 fully saturated rings. The molecular formula is C28H38F4O5. The Morgan fingerprint density at radius 3 is 1.89 bits per heavy atom. The summed E-state index contributed by atoms with van der Waals surface area (Å²) in [5.41, 5.74) is 0.296. The Hall–Kier alpha value is -1.26. The first-order valence-electron chi connectivity index (χ1n) is 13.8. The van der Waals surface area contributed by atoms with Crippen LogP contribution in [0.2, 0.25) is 0 Å². The van der Waals surface area contributed by atoms with Gasteiger partial charge in [-0.15, -0.1) is 0 Å². The monoisotopic (exact) mass is 530 g/mol. The van der Waals surface area contributed by atoms with Crippen molar-refractivity contribution < 1.29 is 41.2 Å². The number of benzene rings is 1. The molecule has 5 nitrogen and oxygen atoms in total. The lowest BCUT2D eigenvalue weighted by Gasteiger charge is -2.42. The molecule has 2 saturated heterocycles. The van der Waals surface area contributed by atoms with Gasteiger partial charge >= 0.3 is 6.11 Å². The molecule has 0 N–H and O–H groups in total. The van der Waals surface area contributed by atoms with Gasteiger partial charge in [-0.1, -0.05) is 13.0 Å². The minimum absolute atomic E-state index is 0.0800. The van der Waals surface area contributed by atoms with Crippen LogP contribution in [0, 0.1) is 41.2 Å². The zero-order valence-corrected chi connectivity index (χ0v) is 21.4. The topological polar surface area (TPSA) is 46.2 Å². The predicted octanol–water partition coefficient (Wildman–Crippen LogP) is 6.61. The average molecular weight is 531 g/mol. The third-order valence-electron chi connectivity index (χ3n) is 8.61. The number of hydrogen-bond donors (Lipinski definition) is 0. The zero-order valence-electron chi connectivity index (χ0n) is 21.4. The first kappa shape index (κ1) is 27.3. The summed E-state index contributed by atoms with van der Waals surface area (Å²) in [6.07, 6.45) is 1.66. The molecule has 208 valence electrons. The molecule has 2 heterocycles. The lowest BCUT2D eigenvalue weighted by molar-refractivity contribution is -0.334. The summed E-state index contributed by atoms with van der Waals surface area (Å²) in [7, 11) is 0. The van der Waals surface area contributed by atoms with Crippen LogP contribution in [0.25, 0.3) is 0 Å². The fraction of sp³-hybridized carbons (Fsp3) is 0.786. The summed E-state index contributed by atoms with van der Waals surface area (Å²) in [6.45, 7) is 3.44. The highest BCUT2D eigenvalue weighted by Crippen LogP contribution is 2.46. The highest BCUT2D eigenvalue weighted by molar-refractivity contribution is 5.19. The first-order chi connectivity index (χ1) is 17.8. The van der Waals surface area contributed by atoms with Crippen LogP contribution in [0.1, 0.15) is 70.1 Å². The minimum Gasteiger partial charge on any atom is -0.352 e. The Bertz CT molecular complexity index is 869. The molecule has 1 aromatic rings. The van der Waals surface area contributed by atoms with Crippen LogP contribution in [0.5, 0.6) is 0 Å². The summed E-state index contributed by atoms with van der Waals surface area (Å²) >= 11 is 0. The van der Waals surface area contributed by atoms with Crippen LogP contribution in [-0.4, -0.2) is 44.9 Å². The van der Waals surface area contributed by atoms with Gasteiger partial charge in [0.15, 0.2) is 24.2 Å². The largest absolute Gasteiger partial charge is 0.358 e. The molecule has 4 aliphatic rings. The third kappa shape index (κ3) is 6.67. The van der Waals surface area contributed by atoms with Crippen LogP contribution < -0.4 is 0 Å². The summed E-state index contributed by atoms with van der Waals surface area (Å²) < 4.78 is 84.5. The van der Waals surface area contributed by atoms with Gasteiger partial charge in [-0.2, -0.15) is 8.78 Å². The van der Waals surface area contributed by atoms with Crippen molar-refractivity contribution in [2.75, 3.05) is 26.4 Å². The molecule has 0 unspecified atom stereocenters. The van der Waals surface area contributed by atoms with Gasteiger partial charge in [0.05, 0.1) is 32.3 Å². The van der Waals surface area contributed by atoms with E-state index in [0.717, 1.165) is 63.9 Å². The maximum Gasteiger partial charge on any atom is 0.358 e. The summed E-state index contributed by atoms with van der Waals surface area (Å²) in [4.78, 5) is 0. The molecule has 0 spiro atoms. The van der Waals surface area contributed by atoms with Gasteiger partial charge < -0.3 is 23.7 Å². The minimum atomic E-state index is -3.26. The number of hydrogen-bond acceptors (Lipinski definition) is 5. The number of ether oxygens (including phenoxy) is 5. The smallest absolute Gasteiger partial charge is 0.352 e. The Labute approximate surface area is 216 Å². The molecular weight excluding hydrogens is 492 g/mol. The predicted molar refractivity (Wildman–Crippen MR) is 127 cm³/mol. The van der Waals surface area contributed by atoms with E-state index in [1.165, 1.54) is 6.07 Å². The summed E-state index contributed by atoms with van der Waals surface area (Å²) in [5, 5.41) is 0. The van der Waals surface area contributed by atoms with E-state index in [2.05, 4.69) is 6.92 Å². The van der Waals surface area contributed by atoms with Crippen molar-refractivity contribution in [3.8, 4) is 0 Å². The second-order valence-corrected chi connectivity index (χ2v) is 11.4. The van der Waals surface area contributed by atoms with E-state index in [1.807, 2.05) is 0 Å². The lowest BCUT2D eigenvalue weighted by Crippen LogP contribution is -2.43. The Morgan fingerprint density at radius 1 is 0.730 bits per heavy atom. The van der Waals surface area contributed by atoms with E-state index in [9.17, 15) is 8.78 Å². The van der Waals surface area contributed by atoms with Crippen LogP contribution in [0.15, 0.2) is 18.2 Å². The molecule has 9 heteroatoms. The lowest BCUT2D eigenvalue weighted by atomic mass is 9.69. The maximum atomic E-state index is 15.0. The number of halogens is 4. The SMILES string of the molecule is CC1COC(C2CCC(C3CCC(C(F)(F)OC4COC(c5ccc(F)c(F)c5)OC4)CC3)CC2)OC1. The first-order valence-corrected chi connectivity index (χ1v) is 13.8. The van der Waals surface area contributed by atoms with E-state index in [-0.39, 0.29) is 19.5 Å². The summed E-state index contributed by atoms with van der Waals surface area (Å²) in [6, 6.07) is 3.32. The van der Waals surface area contributed by atoms with Crippen LogP contribution in [0.3, 0.4) is 0 Å². The molecule has 0 bridgehead atoms. The molecule has 37 heavy (non-hydrogen) atoms. The second-order valence-electron chi connectivity index (χ2n) is 11.4. The fourth-order valence-electron chi connectivity index (χ4n) is 6.43. The van der Waals surface area contributed by atoms with E-state index < -0.39 is 36.1 Å². The van der Waals surface area contributed by atoms with Gasteiger partial charge in [0, 0.05) is 17.4 Å². The van der Waals surface area contributed by atoms with Crippen molar-refractivity contribution in [3.63, 3.8) is 0 Å². The van der Waals surface area contributed by atoms with Gasteiger partial charge in [0.2, 0.25) is 0 Å². The van der Waals surface area contributed by atoms with Gasteiger partial charge in [-0.05, 0) is 75.3 Å². The van der Waals surface area contributed by atoms with Crippen LogP contribution in [-0.2, 0) is 23.7 Å². The standard InChI is InChI=1S/C28H38F4O5/c1-17-13-33-26(34-14-17)20-4-2-18(3-5-20)19-6-9-22(10-7-19)28(31,32)37-23-15-35-27(36-16-23)21-8-11-24(29)25(30)12-21/h8,11-12,17-20,22-23,26-27H,2-7,9-10,13-16H2,1H3. The quantitative estimate of drug-likeness (QED) is 0.388. The normalized spacial score (nSPS) is 37.9. The molecule has 2 aliphatic carbocycles. The van der Waals surface area contributed by atoms with Gasteiger partial charge in [0.25, 0.3) is 0 Å². The Morgan fingerprint density at radius 2 is 1.30 bits per heavy atom. The van der Waals surface area contributed by atoms with Gasteiger partial charge in [-0.3, -0.25) is 0 Å². The molecule has 1 aromatic carbocycles. The number of alkyl halides is 2. The molecule has 0 radical (unpaired) electrons. The van der Waals surface area contributed by atoms with Gasteiger partial charge in [-0.25, -0.2) is 8.78 Å². The molecule has 2 aliphatic heterocycles. The fourth-order valence-corrected chi connectivity index (χ4v) is 6.43. The zero-order chi connectivity index (χ0) is 26.0. The van der Waals surface area contributed by atoms with E-state index in [0.29, 0.717) is 42.1 Å². The van der Waals surface area contributed by atoms with E-state index in [4.69, 9.17) is 23.7 Å². The van der Waals surface area contributed by atoms with Gasteiger partial charge in [0.1, 0.15) is 6.10 Å². The van der Waals surface area contributed by atoms with Crippen molar-refractivity contribution in [1.82, 2.24) is 0 Å². The van der Waals surface area contributed by atoms with Crippen molar-refractivity contribution in [1.29, 1.82) is 0 Å². The van der Waals surface area contributed by atoms with Crippen molar-refractivity contribution in [2.24, 2.45) is 29.6 Å². The van der Waals surface area contributed by atoms with Crippen molar-refractivity contribution in [3.05, 3.63) is 35.4 Å². The average Bonchev–Trinajstić information content (AvgIpc) is 2.91. The highest BCUT2D eigenvalue weighted by atomic mass is 19.3. The van der Waals surface area contributed by atoms with Crippen molar-refractivity contribution >= 4 is 0 Å². The van der Waals surface area contributed by atoms with Crippen LogP contribution in [0.4, 0.5) is 17.6 Å². The third-order valence-corrected chi connectivity index (χ3v) is 8.61. The number of rotatable bonds is 6. The molecule has 0 aromatic heterocycles. The van der Waals surface area contributed by atoms with Crippen molar-refractivity contribution in [2.45, 2.75) is 83.1 Å². The second kappa shape index (κ2) is 11.9. The molecule has 5 rings (SSSR count). The van der Waals surface area contributed by atoms with Crippen LogP contribution >= 0.6 is 0 Å². The Balaban J connectivity index is 1.03. The molecule has 2 saturated carbocycles. The molecule has 0 atom stereocenters. The molecule has 0 amide bonds. The Kier molecular flexibility index (Phi) is 8.76. The summed E-state index contributed by atoms with van der Waals surface area (Å²) in [5.74, 6) is -0.842. The highest BCUT2D eigenvalue weighted by Gasteiger charge is 2.46. The van der Waals surface area contributed by atoms with E-state index >= 15 is 8.78 Å². The maximum absolute atomic E-state index is 15.0.